The van der Waals surface area contributed by atoms with Gasteiger partial charge in [-0.3, -0.25) is 9.78 Å². The Balaban J connectivity index is 0.000000166. The molecule has 6 heteroatoms. The lowest BCUT2D eigenvalue weighted by Crippen LogP contribution is -2.28. The Labute approximate surface area is 186 Å². The first-order valence-corrected chi connectivity index (χ1v) is 11.1. The summed E-state index contributed by atoms with van der Waals surface area (Å²) in [5.41, 5.74) is 8.22. The number of carbonyl (C=O) groups excluding carboxylic acids is 1. The van der Waals surface area contributed by atoms with Gasteiger partial charge in [0.05, 0.1) is 16.7 Å². The van der Waals surface area contributed by atoms with Crippen molar-refractivity contribution >= 4 is 40.6 Å². The number of pyridine rings is 2. The largest absolute Gasteiger partial charge is 0.388 e. The Hall–Kier alpha value is -3.38. The Morgan fingerprint density at radius 3 is 2.52 bits per heavy atom. The highest BCUT2D eigenvalue weighted by atomic mass is 32.2. The summed E-state index contributed by atoms with van der Waals surface area (Å²) in [6, 6.07) is 21.9. The summed E-state index contributed by atoms with van der Waals surface area (Å²) in [5, 5.41) is 3.16. The molecule has 156 valence electrons. The summed E-state index contributed by atoms with van der Waals surface area (Å²) in [7, 11) is 1.92. The summed E-state index contributed by atoms with van der Waals surface area (Å²) >= 11 is 1.82. The number of aldehydes is 1. The zero-order valence-electron chi connectivity index (χ0n) is 17.6. The molecule has 31 heavy (non-hydrogen) atoms. The van der Waals surface area contributed by atoms with Crippen LogP contribution in [0.25, 0.3) is 22.3 Å². The van der Waals surface area contributed by atoms with Gasteiger partial charge in [0.25, 0.3) is 0 Å². The Morgan fingerprint density at radius 2 is 1.84 bits per heavy atom. The van der Waals surface area contributed by atoms with Crippen molar-refractivity contribution in [3.8, 4) is 11.3 Å². The Morgan fingerprint density at radius 1 is 1.03 bits per heavy atom. The van der Waals surface area contributed by atoms with Gasteiger partial charge < -0.3 is 9.62 Å². The van der Waals surface area contributed by atoms with E-state index in [9.17, 15) is 4.79 Å². The van der Waals surface area contributed by atoms with E-state index in [0.29, 0.717) is 0 Å². The van der Waals surface area contributed by atoms with Gasteiger partial charge in [-0.05, 0) is 85.1 Å². The van der Waals surface area contributed by atoms with Crippen LogP contribution in [-0.2, 0) is 0 Å². The summed E-state index contributed by atoms with van der Waals surface area (Å²) in [6.45, 7) is 3.22. The minimum absolute atomic E-state index is 0.740. The highest BCUT2D eigenvalue weighted by molar-refractivity contribution is 8.02. The highest BCUT2D eigenvalue weighted by Gasteiger charge is 2.14. The Bertz CT molecular complexity index is 1190. The molecule has 0 spiro atoms. The second-order valence-corrected chi connectivity index (χ2v) is 8.27. The van der Waals surface area contributed by atoms with Crippen molar-refractivity contribution in [2.45, 2.75) is 6.92 Å². The first-order chi connectivity index (χ1) is 15.2. The van der Waals surface area contributed by atoms with E-state index < -0.39 is 0 Å². The predicted molar refractivity (Wildman–Crippen MR) is 131 cm³/mol. The van der Waals surface area contributed by atoms with Gasteiger partial charge >= 0.3 is 0 Å². The third kappa shape index (κ3) is 4.86. The third-order valence-corrected chi connectivity index (χ3v) is 6.19. The first-order valence-electron chi connectivity index (χ1n) is 10.1. The van der Waals surface area contributed by atoms with Crippen LogP contribution in [0.4, 0.5) is 11.4 Å². The van der Waals surface area contributed by atoms with E-state index in [1.54, 1.807) is 6.20 Å². The molecule has 0 radical (unpaired) electrons. The molecule has 1 aliphatic heterocycles. The average Bonchev–Trinajstić information content (AvgIpc) is 2.79. The van der Waals surface area contributed by atoms with Crippen molar-refractivity contribution in [1.29, 1.82) is 0 Å². The molecule has 4 aromatic rings. The van der Waals surface area contributed by atoms with Crippen LogP contribution in [0.5, 0.6) is 0 Å². The number of hydrogen-bond acceptors (Lipinski definition) is 6. The SMILES string of the molecule is CNc1ccc(C)c(-c2ccc3ncccc3n2)c1.O=Cc1ccc(N2CCS2)cc1. The van der Waals surface area contributed by atoms with Crippen LogP contribution >= 0.6 is 11.9 Å². The fourth-order valence-electron chi connectivity index (χ4n) is 3.27. The Kier molecular flexibility index (Phi) is 6.48. The predicted octanol–water partition coefficient (Wildman–Crippen LogP) is 5.61. The summed E-state index contributed by atoms with van der Waals surface area (Å²) in [5.74, 6) is 1.20. The molecule has 0 aliphatic carbocycles. The van der Waals surface area contributed by atoms with Crippen molar-refractivity contribution in [3.63, 3.8) is 0 Å². The fourth-order valence-corrected chi connectivity index (χ4v) is 3.90. The lowest BCUT2D eigenvalue weighted by molar-refractivity contribution is 0.112. The zero-order chi connectivity index (χ0) is 21.6. The van der Waals surface area contributed by atoms with Crippen LogP contribution in [0.1, 0.15) is 15.9 Å². The summed E-state index contributed by atoms with van der Waals surface area (Å²) in [4.78, 5) is 19.3. The molecule has 1 saturated heterocycles. The molecular weight excluding hydrogens is 404 g/mol. The molecule has 0 saturated carbocycles. The molecular formula is C25H24N4OS. The van der Waals surface area contributed by atoms with E-state index in [1.165, 1.54) is 17.0 Å². The van der Waals surface area contributed by atoms with E-state index in [0.717, 1.165) is 46.4 Å². The number of anilines is 2. The van der Waals surface area contributed by atoms with Gasteiger partial charge in [0.1, 0.15) is 6.29 Å². The van der Waals surface area contributed by atoms with Gasteiger partial charge in [-0.2, -0.15) is 0 Å². The maximum Gasteiger partial charge on any atom is 0.150 e. The van der Waals surface area contributed by atoms with Gasteiger partial charge in [0, 0.05) is 48.0 Å². The average molecular weight is 429 g/mol. The molecule has 0 amide bonds. The number of nitrogens with zero attached hydrogens (tertiary/aromatic N) is 3. The quantitative estimate of drug-likeness (QED) is 0.337. The number of rotatable bonds is 4. The smallest absolute Gasteiger partial charge is 0.150 e. The lowest BCUT2D eigenvalue weighted by Gasteiger charge is -2.31. The standard InChI is InChI=1S/C16H15N3.C9H9NOS/c1-11-5-6-12(17-2)10-13(11)14-7-8-15-16(19-14)4-3-9-18-15;11-7-8-1-3-9(4-2-8)10-5-6-12-10/h3-10,17H,1-2H3;1-4,7H,5-6H2. The topological polar surface area (TPSA) is 58.1 Å². The van der Waals surface area contributed by atoms with Crippen LogP contribution in [0, 0.1) is 6.92 Å². The van der Waals surface area contributed by atoms with Gasteiger partial charge in [0.15, 0.2) is 0 Å². The maximum absolute atomic E-state index is 10.4. The van der Waals surface area contributed by atoms with Crippen molar-refractivity contribution in [3.05, 3.63) is 84.1 Å². The number of aryl methyl sites for hydroxylation is 1. The van der Waals surface area contributed by atoms with Gasteiger partial charge in [-0.1, -0.05) is 6.07 Å². The second kappa shape index (κ2) is 9.62. The summed E-state index contributed by atoms with van der Waals surface area (Å²) < 4.78 is 2.22. The molecule has 5 rings (SSSR count). The number of carbonyl (C=O) groups is 1. The maximum atomic E-state index is 10.4. The number of aromatic nitrogens is 2. The van der Waals surface area contributed by atoms with Crippen molar-refractivity contribution in [1.82, 2.24) is 9.97 Å². The minimum Gasteiger partial charge on any atom is -0.388 e. The molecule has 5 nitrogen and oxygen atoms in total. The van der Waals surface area contributed by atoms with Crippen LogP contribution in [0.2, 0.25) is 0 Å². The van der Waals surface area contributed by atoms with E-state index in [2.05, 4.69) is 39.7 Å². The first kappa shape index (κ1) is 20.9. The van der Waals surface area contributed by atoms with E-state index in [-0.39, 0.29) is 0 Å². The van der Waals surface area contributed by atoms with Crippen LogP contribution in [-0.4, -0.2) is 35.6 Å². The normalized spacial score (nSPS) is 12.5. The fraction of sp³-hybridized carbons (Fsp3) is 0.160. The molecule has 0 unspecified atom stereocenters. The molecule has 3 heterocycles. The molecule has 0 bridgehead atoms. The molecule has 1 fully saturated rings. The third-order valence-electron chi connectivity index (χ3n) is 5.12. The number of hydrogen-bond donors (Lipinski definition) is 1. The van der Waals surface area contributed by atoms with E-state index >= 15 is 0 Å². The summed E-state index contributed by atoms with van der Waals surface area (Å²) in [6.07, 6.45) is 2.66. The molecule has 2 aromatic carbocycles. The number of fused-ring (bicyclic) bond motifs is 1. The lowest BCUT2D eigenvalue weighted by atomic mass is 10.0. The zero-order valence-corrected chi connectivity index (χ0v) is 18.4. The minimum atomic E-state index is 0.740. The van der Waals surface area contributed by atoms with Crippen molar-refractivity contribution in [2.75, 3.05) is 29.0 Å². The van der Waals surface area contributed by atoms with Crippen LogP contribution in [0.15, 0.2) is 72.9 Å². The monoisotopic (exact) mass is 428 g/mol. The van der Waals surface area contributed by atoms with Crippen molar-refractivity contribution in [2.24, 2.45) is 0 Å². The molecule has 1 N–H and O–H groups in total. The van der Waals surface area contributed by atoms with Crippen molar-refractivity contribution < 1.29 is 4.79 Å². The molecule has 0 atom stereocenters. The van der Waals surface area contributed by atoms with E-state index in [4.69, 9.17) is 4.98 Å². The van der Waals surface area contributed by atoms with Gasteiger partial charge in [-0.15, -0.1) is 0 Å². The van der Waals surface area contributed by atoms with Crippen LogP contribution in [0.3, 0.4) is 0 Å². The molecule has 2 aromatic heterocycles. The van der Waals surface area contributed by atoms with Crippen LogP contribution < -0.4 is 9.62 Å². The number of nitrogens with one attached hydrogen (secondary N) is 1. The van der Waals surface area contributed by atoms with E-state index in [1.807, 2.05) is 67.5 Å². The van der Waals surface area contributed by atoms with Gasteiger partial charge in [-0.25, -0.2) is 4.98 Å². The molecule has 1 aliphatic rings. The van der Waals surface area contributed by atoms with Gasteiger partial charge in [0.2, 0.25) is 0 Å². The number of benzene rings is 2. The highest BCUT2D eigenvalue weighted by Crippen LogP contribution is 2.29. The second-order valence-electron chi connectivity index (χ2n) is 7.16.